The zero-order valence-corrected chi connectivity index (χ0v) is 10.6. The van der Waals surface area contributed by atoms with Crippen LogP contribution in [0.3, 0.4) is 0 Å². The molecule has 3 nitrogen and oxygen atoms in total. The minimum absolute atomic E-state index is 0.172. The van der Waals surface area contributed by atoms with E-state index in [1.807, 2.05) is 0 Å². The number of carbonyl (C=O) groups is 1. The van der Waals surface area contributed by atoms with Crippen LogP contribution in [-0.4, -0.2) is 14.8 Å². The highest BCUT2D eigenvalue weighted by Gasteiger charge is 2.31. The first-order chi connectivity index (χ1) is 7.30. The van der Waals surface area contributed by atoms with Crippen molar-refractivity contribution in [3.05, 3.63) is 29.8 Å². The maximum atomic E-state index is 10.8. The van der Waals surface area contributed by atoms with Gasteiger partial charge in [0.15, 0.2) is 0 Å². The predicted octanol–water partition coefficient (Wildman–Crippen LogP) is 3.05. The maximum absolute atomic E-state index is 10.8. The summed E-state index contributed by atoms with van der Waals surface area (Å²) in [6.07, 6.45) is -1.20. The number of hydrogen-bond acceptors (Lipinski definition) is 2. The van der Waals surface area contributed by atoms with Gasteiger partial charge in [-0.2, -0.15) is 0 Å². The summed E-state index contributed by atoms with van der Waals surface area (Å²) in [5, 5.41) is 12.2. The largest absolute Gasteiger partial charge is 0.384 e. The maximum Gasteiger partial charge on any atom is 0.221 e. The molecule has 0 saturated carbocycles. The normalized spacial score (nSPS) is 13.3. The molecule has 0 spiro atoms. The number of halogens is 3. The summed E-state index contributed by atoms with van der Waals surface area (Å²) in [5.41, 5.74) is 1.09. The van der Waals surface area contributed by atoms with E-state index >= 15 is 0 Å². The molecule has 1 unspecified atom stereocenters. The van der Waals surface area contributed by atoms with E-state index in [0.717, 1.165) is 0 Å². The molecule has 1 atom stereocenters. The summed E-state index contributed by atoms with van der Waals surface area (Å²) in [5.74, 6) is -0.172. The Hall–Kier alpha value is -0.480. The summed E-state index contributed by atoms with van der Waals surface area (Å²) in [6.45, 7) is 1.41. The van der Waals surface area contributed by atoms with E-state index in [-0.39, 0.29) is 5.91 Å². The van der Waals surface area contributed by atoms with Gasteiger partial charge in [-0.25, -0.2) is 0 Å². The number of nitrogens with one attached hydrogen (secondary N) is 1. The number of anilines is 1. The van der Waals surface area contributed by atoms with Crippen molar-refractivity contribution in [2.75, 3.05) is 5.32 Å². The van der Waals surface area contributed by atoms with Gasteiger partial charge in [-0.3, -0.25) is 4.79 Å². The molecule has 0 aromatic heterocycles. The van der Waals surface area contributed by atoms with Crippen molar-refractivity contribution in [3.63, 3.8) is 0 Å². The molecular weight excluding hydrogens is 272 g/mol. The van der Waals surface area contributed by atoms with Crippen LogP contribution in [-0.2, 0) is 4.79 Å². The van der Waals surface area contributed by atoms with Crippen molar-refractivity contribution in [3.8, 4) is 0 Å². The molecule has 0 fully saturated rings. The number of aliphatic hydroxyl groups is 1. The minimum Gasteiger partial charge on any atom is -0.384 e. The van der Waals surface area contributed by atoms with E-state index in [1.165, 1.54) is 6.92 Å². The lowest BCUT2D eigenvalue weighted by atomic mass is 10.1. The Morgan fingerprint density at radius 2 is 1.81 bits per heavy atom. The molecule has 1 aromatic rings. The second kappa shape index (κ2) is 5.23. The predicted molar refractivity (Wildman–Crippen MR) is 66.0 cm³/mol. The topological polar surface area (TPSA) is 49.3 Å². The van der Waals surface area contributed by atoms with Crippen molar-refractivity contribution in [1.82, 2.24) is 0 Å². The van der Waals surface area contributed by atoms with Crippen molar-refractivity contribution in [2.24, 2.45) is 0 Å². The molecular formula is C10H10Cl3NO2. The van der Waals surface area contributed by atoms with Crippen LogP contribution in [0.5, 0.6) is 0 Å². The third-order valence-corrected chi connectivity index (χ3v) is 2.48. The number of hydrogen-bond donors (Lipinski definition) is 2. The molecule has 1 rings (SSSR count). The third kappa shape index (κ3) is 3.83. The van der Waals surface area contributed by atoms with E-state index in [4.69, 9.17) is 34.8 Å². The first-order valence-electron chi connectivity index (χ1n) is 4.43. The van der Waals surface area contributed by atoms with Gasteiger partial charge in [0.1, 0.15) is 6.10 Å². The van der Waals surface area contributed by atoms with Crippen molar-refractivity contribution >= 4 is 46.4 Å². The molecule has 0 aliphatic rings. The average Bonchev–Trinajstić information content (AvgIpc) is 2.15. The minimum atomic E-state index is -1.77. The van der Waals surface area contributed by atoms with Gasteiger partial charge in [0.05, 0.1) is 0 Å². The van der Waals surface area contributed by atoms with Crippen LogP contribution in [0.25, 0.3) is 0 Å². The number of aliphatic hydroxyl groups excluding tert-OH is 1. The molecule has 0 aliphatic carbocycles. The Morgan fingerprint density at radius 3 is 2.19 bits per heavy atom. The summed E-state index contributed by atoms with van der Waals surface area (Å²) in [4.78, 5) is 10.8. The molecule has 0 aliphatic heterocycles. The van der Waals surface area contributed by atoms with Crippen LogP contribution < -0.4 is 5.32 Å². The van der Waals surface area contributed by atoms with Crippen LogP contribution in [0.4, 0.5) is 5.69 Å². The fourth-order valence-corrected chi connectivity index (χ4v) is 1.52. The van der Waals surface area contributed by atoms with Crippen molar-refractivity contribution in [1.29, 1.82) is 0 Å². The Labute approximate surface area is 108 Å². The lowest BCUT2D eigenvalue weighted by molar-refractivity contribution is -0.114. The second-order valence-corrected chi connectivity index (χ2v) is 5.62. The fraction of sp³-hybridized carbons (Fsp3) is 0.300. The highest BCUT2D eigenvalue weighted by Crippen LogP contribution is 2.39. The second-order valence-electron chi connectivity index (χ2n) is 3.25. The van der Waals surface area contributed by atoms with E-state index < -0.39 is 9.90 Å². The Kier molecular flexibility index (Phi) is 4.44. The monoisotopic (exact) mass is 281 g/mol. The van der Waals surface area contributed by atoms with Gasteiger partial charge in [-0.05, 0) is 17.7 Å². The molecule has 0 bridgehead atoms. The highest BCUT2D eigenvalue weighted by molar-refractivity contribution is 6.68. The van der Waals surface area contributed by atoms with Crippen LogP contribution in [0, 0.1) is 0 Å². The molecule has 1 amide bonds. The van der Waals surface area contributed by atoms with E-state index in [0.29, 0.717) is 11.3 Å². The first-order valence-corrected chi connectivity index (χ1v) is 5.56. The molecule has 88 valence electrons. The van der Waals surface area contributed by atoms with E-state index in [9.17, 15) is 9.90 Å². The summed E-state index contributed by atoms with van der Waals surface area (Å²) >= 11 is 16.7. The molecule has 6 heteroatoms. The summed E-state index contributed by atoms with van der Waals surface area (Å²) in [6, 6.07) is 6.41. The van der Waals surface area contributed by atoms with Crippen LogP contribution >= 0.6 is 34.8 Å². The number of carbonyl (C=O) groups excluding carboxylic acids is 1. The number of amides is 1. The lowest BCUT2D eigenvalue weighted by Crippen LogP contribution is -2.16. The van der Waals surface area contributed by atoms with E-state index in [1.54, 1.807) is 24.3 Å². The zero-order valence-electron chi connectivity index (χ0n) is 8.38. The third-order valence-electron chi connectivity index (χ3n) is 1.86. The number of benzene rings is 1. The molecule has 0 radical (unpaired) electrons. The first kappa shape index (κ1) is 13.6. The Bertz CT molecular complexity index is 373. The van der Waals surface area contributed by atoms with Gasteiger partial charge >= 0.3 is 0 Å². The van der Waals surface area contributed by atoms with Crippen LogP contribution in [0.15, 0.2) is 24.3 Å². The molecule has 2 N–H and O–H groups in total. The van der Waals surface area contributed by atoms with E-state index in [2.05, 4.69) is 5.32 Å². The van der Waals surface area contributed by atoms with Gasteiger partial charge < -0.3 is 10.4 Å². The zero-order chi connectivity index (χ0) is 12.3. The van der Waals surface area contributed by atoms with Gasteiger partial charge in [-0.1, -0.05) is 46.9 Å². The molecule has 1 aromatic carbocycles. The Balaban J connectivity index is 2.83. The van der Waals surface area contributed by atoms with Crippen LogP contribution in [0.1, 0.15) is 18.6 Å². The Morgan fingerprint density at radius 1 is 1.31 bits per heavy atom. The van der Waals surface area contributed by atoms with Crippen LogP contribution in [0.2, 0.25) is 0 Å². The van der Waals surface area contributed by atoms with Gasteiger partial charge in [0, 0.05) is 12.6 Å². The summed E-state index contributed by atoms with van der Waals surface area (Å²) in [7, 11) is 0. The quantitative estimate of drug-likeness (QED) is 0.819. The average molecular weight is 283 g/mol. The molecule has 16 heavy (non-hydrogen) atoms. The standard InChI is InChI=1S/C10H10Cl3NO2/c1-6(15)14-8-4-2-7(3-5-8)9(16)10(11,12)13/h2-5,9,16H,1H3,(H,14,15). The number of alkyl halides is 3. The fourth-order valence-electron chi connectivity index (χ4n) is 1.14. The lowest BCUT2D eigenvalue weighted by Gasteiger charge is -2.19. The molecule has 0 saturated heterocycles. The highest BCUT2D eigenvalue weighted by atomic mass is 35.6. The van der Waals surface area contributed by atoms with Crippen molar-refractivity contribution in [2.45, 2.75) is 16.8 Å². The molecule has 0 heterocycles. The van der Waals surface area contributed by atoms with Gasteiger partial charge in [0.2, 0.25) is 9.70 Å². The smallest absolute Gasteiger partial charge is 0.221 e. The van der Waals surface area contributed by atoms with Gasteiger partial charge in [0.25, 0.3) is 0 Å². The number of rotatable bonds is 2. The summed E-state index contributed by atoms with van der Waals surface area (Å²) < 4.78 is -1.77. The van der Waals surface area contributed by atoms with Crippen molar-refractivity contribution < 1.29 is 9.90 Å². The van der Waals surface area contributed by atoms with Gasteiger partial charge in [-0.15, -0.1) is 0 Å². The SMILES string of the molecule is CC(=O)Nc1ccc(C(O)C(Cl)(Cl)Cl)cc1.